The van der Waals surface area contributed by atoms with Crippen LogP contribution in [0.3, 0.4) is 0 Å². The molecule has 0 saturated heterocycles. The average Bonchev–Trinajstić information content (AvgIpc) is 3.48. The van der Waals surface area contributed by atoms with Crippen molar-refractivity contribution in [3.63, 3.8) is 0 Å². The molecule has 9 heteroatoms. The minimum atomic E-state index is -0.919. The van der Waals surface area contributed by atoms with Gasteiger partial charge in [0, 0.05) is 12.6 Å². The van der Waals surface area contributed by atoms with Gasteiger partial charge in [-0.25, -0.2) is 4.79 Å². The number of hydrogen-bond donors (Lipinski definition) is 2. The molecule has 2 N–H and O–H groups in total. The first-order chi connectivity index (χ1) is 16.8. The lowest BCUT2D eigenvalue weighted by Crippen LogP contribution is -2.53. The Balaban J connectivity index is 2.36. The summed E-state index contributed by atoms with van der Waals surface area (Å²) >= 11 is 0. The molecule has 200 valence electrons. The van der Waals surface area contributed by atoms with E-state index < -0.39 is 29.7 Å². The van der Waals surface area contributed by atoms with E-state index in [2.05, 4.69) is 10.6 Å². The summed E-state index contributed by atoms with van der Waals surface area (Å²) in [6, 6.07) is 3.67. The molecule has 0 spiro atoms. The quantitative estimate of drug-likeness (QED) is 0.472. The molecule has 1 aromatic carbocycles. The van der Waals surface area contributed by atoms with Gasteiger partial charge in [0.25, 0.3) is 0 Å². The van der Waals surface area contributed by atoms with Crippen LogP contribution in [-0.4, -0.2) is 59.6 Å². The van der Waals surface area contributed by atoms with Crippen LogP contribution in [0.4, 0.5) is 4.79 Å². The van der Waals surface area contributed by atoms with Gasteiger partial charge in [0.2, 0.25) is 11.8 Å². The number of amides is 3. The van der Waals surface area contributed by atoms with Gasteiger partial charge >= 0.3 is 12.1 Å². The van der Waals surface area contributed by atoms with Gasteiger partial charge in [-0.05, 0) is 77.5 Å². The topological polar surface area (TPSA) is 114 Å². The molecule has 0 bridgehead atoms. The van der Waals surface area contributed by atoms with Crippen molar-refractivity contribution in [1.82, 2.24) is 15.5 Å². The Labute approximate surface area is 214 Å². The second-order valence-electron chi connectivity index (χ2n) is 10.4. The zero-order chi connectivity index (χ0) is 27.2. The normalized spacial score (nSPS) is 18.4. The third-order valence-corrected chi connectivity index (χ3v) is 6.18. The second-order valence-corrected chi connectivity index (χ2v) is 10.4. The summed E-state index contributed by atoms with van der Waals surface area (Å²) in [7, 11) is 0. The molecule has 2 rings (SSSR count). The molecule has 3 amide bonds. The Morgan fingerprint density at radius 3 is 2.36 bits per heavy atom. The van der Waals surface area contributed by atoms with Crippen LogP contribution in [0.2, 0.25) is 0 Å². The van der Waals surface area contributed by atoms with Crippen LogP contribution in [0.1, 0.15) is 77.1 Å². The lowest BCUT2D eigenvalue weighted by Gasteiger charge is -2.35. The van der Waals surface area contributed by atoms with Crippen molar-refractivity contribution in [3.8, 4) is 0 Å². The Bertz CT molecular complexity index is 971. The van der Waals surface area contributed by atoms with Gasteiger partial charge in [-0.15, -0.1) is 0 Å². The predicted molar refractivity (Wildman–Crippen MR) is 136 cm³/mol. The van der Waals surface area contributed by atoms with E-state index in [0.29, 0.717) is 5.56 Å². The SMILES string of the molecule is CCOC(=O)CCNC(=O)C(c1cccc(C)c1C)N(C(=O)C(C)NC(=O)OC(C)(C)C)C1CC1C. The summed E-state index contributed by atoms with van der Waals surface area (Å²) in [5, 5.41) is 5.43. The van der Waals surface area contributed by atoms with Gasteiger partial charge in [-0.1, -0.05) is 25.1 Å². The summed E-state index contributed by atoms with van der Waals surface area (Å²) in [4.78, 5) is 53.1. The highest BCUT2D eigenvalue weighted by molar-refractivity contribution is 5.92. The molecule has 0 aromatic heterocycles. The lowest BCUT2D eigenvalue weighted by molar-refractivity contribution is -0.144. The minimum Gasteiger partial charge on any atom is -0.466 e. The van der Waals surface area contributed by atoms with Crippen LogP contribution in [0.5, 0.6) is 0 Å². The number of carbonyl (C=O) groups excluding carboxylic acids is 4. The summed E-state index contributed by atoms with van der Waals surface area (Å²) in [5.41, 5.74) is 1.90. The molecule has 0 radical (unpaired) electrons. The van der Waals surface area contributed by atoms with Crippen molar-refractivity contribution < 1.29 is 28.7 Å². The van der Waals surface area contributed by atoms with Gasteiger partial charge in [-0.2, -0.15) is 0 Å². The number of hydrogen-bond acceptors (Lipinski definition) is 6. The smallest absolute Gasteiger partial charge is 0.408 e. The Kier molecular flexibility index (Phi) is 9.90. The molecular weight excluding hydrogens is 462 g/mol. The Morgan fingerprint density at radius 2 is 1.81 bits per heavy atom. The predicted octanol–water partition coefficient (Wildman–Crippen LogP) is 3.56. The first-order valence-corrected chi connectivity index (χ1v) is 12.6. The summed E-state index contributed by atoms with van der Waals surface area (Å²) in [5.74, 6) is -0.950. The largest absolute Gasteiger partial charge is 0.466 e. The molecule has 1 aliphatic rings. The minimum absolute atomic E-state index is 0.0312. The number of ether oxygens (including phenoxy) is 2. The van der Waals surface area contributed by atoms with Crippen LogP contribution in [0.25, 0.3) is 0 Å². The third-order valence-electron chi connectivity index (χ3n) is 6.18. The molecular formula is C27H41N3O6. The summed E-state index contributed by atoms with van der Waals surface area (Å²) in [6.45, 7) is 14.8. The highest BCUT2D eigenvalue weighted by Gasteiger charge is 2.47. The van der Waals surface area contributed by atoms with Crippen LogP contribution in [-0.2, 0) is 23.9 Å². The highest BCUT2D eigenvalue weighted by atomic mass is 16.6. The molecule has 1 aromatic rings. The first kappa shape index (κ1) is 29.1. The third kappa shape index (κ3) is 7.96. The van der Waals surface area contributed by atoms with E-state index in [9.17, 15) is 19.2 Å². The van der Waals surface area contributed by atoms with Crippen molar-refractivity contribution in [2.24, 2.45) is 5.92 Å². The fourth-order valence-corrected chi connectivity index (χ4v) is 4.05. The monoisotopic (exact) mass is 503 g/mol. The van der Waals surface area contributed by atoms with E-state index in [1.54, 1.807) is 39.5 Å². The second kappa shape index (κ2) is 12.2. The van der Waals surface area contributed by atoms with Gasteiger partial charge in [-0.3, -0.25) is 14.4 Å². The molecule has 4 atom stereocenters. The van der Waals surface area contributed by atoms with Gasteiger partial charge in [0.15, 0.2) is 0 Å². The van der Waals surface area contributed by atoms with E-state index in [4.69, 9.17) is 9.47 Å². The van der Waals surface area contributed by atoms with Crippen LogP contribution < -0.4 is 10.6 Å². The number of esters is 1. The number of nitrogens with one attached hydrogen (secondary N) is 2. The van der Waals surface area contributed by atoms with Crippen molar-refractivity contribution in [2.75, 3.05) is 13.2 Å². The van der Waals surface area contributed by atoms with E-state index in [0.717, 1.165) is 17.5 Å². The van der Waals surface area contributed by atoms with Crippen LogP contribution in [0, 0.1) is 19.8 Å². The molecule has 0 heterocycles. The maximum atomic E-state index is 13.8. The zero-order valence-corrected chi connectivity index (χ0v) is 22.8. The highest BCUT2D eigenvalue weighted by Crippen LogP contribution is 2.41. The summed E-state index contributed by atoms with van der Waals surface area (Å²) in [6.07, 6.45) is 0.0839. The number of aryl methyl sites for hydroxylation is 1. The number of benzene rings is 1. The van der Waals surface area contributed by atoms with Gasteiger partial charge < -0.3 is 25.0 Å². The summed E-state index contributed by atoms with van der Waals surface area (Å²) < 4.78 is 10.3. The van der Waals surface area contributed by atoms with Gasteiger partial charge in [0.05, 0.1) is 13.0 Å². The fraction of sp³-hybridized carbons (Fsp3) is 0.630. The van der Waals surface area contributed by atoms with E-state index in [-0.39, 0.29) is 43.3 Å². The standard InChI is InChI=1S/C27H41N3O6/c1-9-35-22(31)13-14-28-24(32)23(20-12-10-11-16(2)18(20)4)30(21-15-17(21)3)25(33)19(5)29-26(34)36-27(6,7)8/h10-12,17,19,21,23H,9,13-15H2,1-8H3,(H,28,32)(H,29,34). The lowest BCUT2D eigenvalue weighted by atomic mass is 9.95. The van der Waals surface area contributed by atoms with Crippen molar-refractivity contribution >= 4 is 23.9 Å². The molecule has 1 aliphatic carbocycles. The fourth-order valence-electron chi connectivity index (χ4n) is 4.05. The van der Waals surface area contributed by atoms with Crippen LogP contribution in [0.15, 0.2) is 18.2 Å². The molecule has 1 saturated carbocycles. The number of nitrogens with zero attached hydrogens (tertiary/aromatic N) is 1. The van der Waals surface area contributed by atoms with Crippen molar-refractivity contribution in [2.45, 2.75) is 92.0 Å². The number of carbonyl (C=O) groups is 4. The maximum absolute atomic E-state index is 13.8. The molecule has 4 unspecified atom stereocenters. The van der Waals surface area contributed by atoms with Crippen LogP contribution >= 0.6 is 0 Å². The van der Waals surface area contributed by atoms with E-state index in [1.165, 1.54) is 0 Å². The first-order valence-electron chi connectivity index (χ1n) is 12.6. The molecule has 1 fully saturated rings. The number of alkyl carbamates (subject to hydrolysis) is 1. The Hall–Kier alpha value is -3.10. The van der Waals surface area contributed by atoms with Gasteiger partial charge in [0.1, 0.15) is 17.7 Å². The van der Waals surface area contributed by atoms with Crippen molar-refractivity contribution in [1.29, 1.82) is 0 Å². The maximum Gasteiger partial charge on any atom is 0.408 e. The average molecular weight is 504 g/mol. The van der Waals surface area contributed by atoms with Crippen molar-refractivity contribution in [3.05, 3.63) is 34.9 Å². The Morgan fingerprint density at radius 1 is 1.17 bits per heavy atom. The molecule has 0 aliphatic heterocycles. The van der Waals surface area contributed by atoms with E-state index in [1.807, 2.05) is 39.0 Å². The molecule has 9 nitrogen and oxygen atoms in total. The van der Waals surface area contributed by atoms with E-state index >= 15 is 0 Å². The molecule has 36 heavy (non-hydrogen) atoms. The zero-order valence-electron chi connectivity index (χ0n) is 22.8. The number of rotatable bonds is 10.